The lowest BCUT2D eigenvalue weighted by molar-refractivity contribution is 0.0697. The highest BCUT2D eigenvalue weighted by Gasteiger charge is 2.23. The van der Waals surface area contributed by atoms with Crippen molar-refractivity contribution in [3.8, 4) is 23.0 Å². The Labute approximate surface area is 179 Å². The summed E-state index contributed by atoms with van der Waals surface area (Å²) in [6.07, 6.45) is 0.675. The molecule has 11 heteroatoms. The van der Waals surface area contributed by atoms with Gasteiger partial charge >= 0.3 is 5.97 Å². The van der Waals surface area contributed by atoms with E-state index in [2.05, 4.69) is 4.72 Å². The number of hydrogen-bond acceptors (Lipinski definition) is 8. The van der Waals surface area contributed by atoms with E-state index in [1.165, 1.54) is 44.6 Å². The SMILES string of the molecule is COCCOc1cc(NS(=O)(=O)c2ccc3c(c2)OCCCO3)c(C(=O)O)cc1OC. The van der Waals surface area contributed by atoms with Gasteiger partial charge in [0.05, 0.1) is 43.1 Å². The van der Waals surface area contributed by atoms with Crippen LogP contribution in [0.1, 0.15) is 16.8 Å². The summed E-state index contributed by atoms with van der Waals surface area (Å²) in [7, 11) is -1.29. The van der Waals surface area contributed by atoms with Gasteiger partial charge in [0.1, 0.15) is 6.61 Å². The third-order valence-corrected chi connectivity index (χ3v) is 5.72. The summed E-state index contributed by atoms with van der Waals surface area (Å²) in [5.41, 5.74) is -0.471. The molecule has 0 aromatic heterocycles. The lowest BCUT2D eigenvalue weighted by atomic mass is 10.1. The minimum Gasteiger partial charge on any atom is -0.493 e. The van der Waals surface area contributed by atoms with Crippen molar-refractivity contribution in [1.29, 1.82) is 0 Å². The van der Waals surface area contributed by atoms with Gasteiger partial charge in [-0.3, -0.25) is 4.72 Å². The first-order chi connectivity index (χ1) is 14.9. The van der Waals surface area contributed by atoms with Crippen molar-refractivity contribution in [2.45, 2.75) is 11.3 Å². The normalized spacial score (nSPS) is 13.2. The average molecular weight is 453 g/mol. The topological polar surface area (TPSA) is 130 Å². The highest BCUT2D eigenvalue weighted by Crippen LogP contribution is 2.36. The molecule has 0 amide bonds. The zero-order chi connectivity index (χ0) is 22.4. The van der Waals surface area contributed by atoms with Crippen LogP contribution in [0.15, 0.2) is 35.2 Å². The number of carboxylic acids is 1. The summed E-state index contributed by atoms with van der Waals surface area (Å²) in [6, 6.07) is 6.65. The molecule has 0 saturated carbocycles. The molecule has 1 aliphatic rings. The zero-order valence-corrected chi connectivity index (χ0v) is 17.9. The van der Waals surface area contributed by atoms with Gasteiger partial charge in [-0.25, -0.2) is 13.2 Å². The van der Waals surface area contributed by atoms with E-state index >= 15 is 0 Å². The Morgan fingerprint density at radius 2 is 1.81 bits per heavy atom. The van der Waals surface area contributed by atoms with E-state index in [0.717, 1.165) is 0 Å². The first-order valence-corrected chi connectivity index (χ1v) is 10.8. The molecule has 31 heavy (non-hydrogen) atoms. The van der Waals surface area contributed by atoms with E-state index in [1.807, 2.05) is 0 Å². The number of carbonyl (C=O) groups is 1. The zero-order valence-electron chi connectivity index (χ0n) is 17.0. The van der Waals surface area contributed by atoms with E-state index in [0.29, 0.717) is 31.1 Å². The van der Waals surface area contributed by atoms with Crippen molar-refractivity contribution in [2.75, 3.05) is 45.4 Å². The maximum atomic E-state index is 13.0. The average Bonchev–Trinajstić information content (AvgIpc) is 2.98. The second-order valence-corrected chi connectivity index (χ2v) is 8.14. The molecule has 1 heterocycles. The minimum atomic E-state index is -4.15. The summed E-state index contributed by atoms with van der Waals surface area (Å²) in [5, 5.41) is 9.56. The van der Waals surface area contributed by atoms with Crippen molar-refractivity contribution in [3.05, 3.63) is 35.9 Å². The number of methoxy groups -OCH3 is 2. The quantitative estimate of drug-likeness (QED) is 0.550. The summed E-state index contributed by atoms with van der Waals surface area (Å²) in [5.74, 6) is -0.274. The molecule has 2 aromatic rings. The fraction of sp³-hybridized carbons (Fsp3) is 0.350. The molecular formula is C20H23NO9S. The first kappa shape index (κ1) is 22.5. The van der Waals surface area contributed by atoms with Crippen LogP contribution in [0, 0.1) is 0 Å². The maximum absolute atomic E-state index is 13.0. The highest BCUT2D eigenvalue weighted by atomic mass is 32.2. The standard InChI is InChI=1S/C20H23NO9S/c1-26-8-9-30-19-12-15(14(20(22)23)11-17(19)27-2)21-31(24,25)13-4-5-16-18(10-13)29-7-3-6-28-16/h4-5,10-12,21H,3,6-9H2,1-2H3,(H,22,23). The number of rotatable bonds is 9. The molecular weight excluding hydrogens is 430 g/mol. The van der Waals surface area contributed by atoms with Gasteiger partial charge < -0.3 is 28.8 Å². The molecule has 2 aromatic carbocycles. The fourth-order valence-electron chi connectivity index (χ4n) is 2.84. The summed E-state index contributed by atoms with van der Waals surface area (Å²) >= 11 is 0. The van der Waals surface area contributed by atoms with Crippen LogP contribution < -0.4 is 23.7 Å². The van der Waals surface area contributed by atoms with Crippen molar-refractivity contribution in [2.24, 2.45) is 0 Å². The van der Waals surface area contributed by atoms with Gasteiger partial charge in [-0.2, -0.15) is 0 Å². The second kappa shape index (κ2) is 9.75. The molecule has 0 aliphatic carbocycles. The van der Waals surface area contributed by atoms with E-state index < -0.39 is 16.0 Å². The van der Waals surface area contributed by atoms with Gasteiger partial charge in [0.2, 0.25) is 0 Å². The number of nitrogens with one attached hydrogen (secondary N) is 1. The van der Waals surface area contributed by atoms with E-state index in [4.69, 9.17) is 23.7 Å². The Morgan fingerprint density at radius 3 is 2.48 bits per heavy atom. The fourth-order valence-corrected chi connectivity index (χ4v) is 3.93. The number of fused-ring (bicyclic) bond motifs is 1. The third kappa shape index (κ3) is 5.30. The van der Waals surface area contributed by atoms with Crippen LogP contribution in [0.2, 0.25) is 0 Å². The smallest absolute Gasteiger partial charge is 0.337 e. The number of ether oxygens (including phenoxy) is 5. The molecule has 3 rings (SSSR count). The number of benzene rings is 2. The van der Waals surface area contributed by atoms with Crippen molar-refractivity contribution in [3.63, 3.8) is 0 Å². The molecule has 0 spiro atoms. The predicted octanol–water partition coefficient (Wildman–Crippen LogP) is 2.38. The van der Waals surface area contributed by atoms with E-state index in [-0.39, 0.29) is 40.9 Å². The second-order valence-electron chi connectivity index (χ2n) is 6.46. The molecule has 0 fully saturated rings. The minimum absolute atomic E-state index is 0.106. The Bertz CT molecular complexity index is 1050. The predicted molar refractivity (Wildman–Crippen MR) is 110 cm³/mol. The monoisotopic (exact) mass is 453 g/mol. The van der Waals surface area contributed by atoms with Crippen LogP contribution in [0.5, 0.6) is 23.0 Å². The van der Waals surface area contributed by atoms with Gasteiger partial charge in [-0.1, -0.05) is 0 Å². The molecule has 0 bridgehead atoms. The molecule has 168 valence electrons. The van der Waals surface area contributed by atoms with Gasteiger partial charge in [0.25, 0.3) is 10.0 Å². The molecule has 0 unspecified atom stereocenters. The molecule has 0 atom stereocenters. The van der Waals surface area contributed by atoms with Crippen LogP contribution in [-0.4, -0.2) is 60.1 Å². The van der Waals surface area contributed by atoms with Crippen molar-refractivity contribution in [1.82, 2.24) is 0 Å². The third-order valence-electron chi connectivity index (χ3n) is 4.35. The Morgan fingerprint density at radius 1 is 1.06 bits per heavy atom. The number of anilines is 1. The summed E-state index contributed by atoms with van der Waals surface area (Å²) in [6.45, 7) is 1.31. The molecule has 0 radical (unpaired) electrons. The molecule has 2 N–H and O–H groups in total. The molecule has 10 nitrogen and oxygen atoms in total. The largest absolute Gasteiger partial charge is 0.493 e. The number of hydrogen-bond donors (Lipinski definition) is 2. The Hall–Kier alpha value is -3.18. The van der Waals surface area contributed by atoms with E-state index in [1.54, 1.807) is 0 Å². The van der Waals surface area contributed by atoms with Crippen LogP contribution in [0.25, 0.3) is 0 Å². The van der Waals surface area contributed by atoms with Crippen molar-refractivity contribution >= 4 is 21.7 Å². The van der Waals surface area contributed by atoms with Crippen LogP contribution in [0.3, 0.4) is 0 Å². The van der Waals surface area contributed by atoms with Crippen LogP contribution in [-0.2, 0) is 14.8 Å². The lowest BCUT2D eigenvalue weighted by Crippen LogP contribution is -2.16. The van der Waals surface area contributed by atoms with Crippen LogP contribution >= 0.6 is 0 Å². The lowest BCUT2D eigenvalue weighted by Gasteiger charge is -2.16. The first-order valence-electron chi connectivity index (χ1n) is 9.35. The van der Waals surface area contributed by atoms with Gasteiger partial charge in [-0.05, 0) is 12.1 Å². The Kier molecular flexibility index (Phi) is 7.08. The summed E-state index contributed by atoms with van der Waals surface area (Å²) < 4.78 is 55.0. The Balaban J connectivity index is 1.96. The number of sulfonamides is 1. The van der Waals surface area contributed by atoms with Gasteiger partial charge in [0.15, 0.2) is 23.0 Å². The molecule has 1 aliphatic heterocycles. The maximum Gasteiger partial charge on any atom is 0.337 e. The summed E-state index contributed by atoms with van der Waals surface area (Å²) in [4.78, 5) is 11.6. The molecule has 0 saturated heterocycles. The number of aromatic carboxylic acids is 1. The van der Waals surface area contributed by atoms with Crippen molar-refractivity contribution < 1.29 is 42.0 Å². The van der Waals surface area contributed by atoms with Crippen LogP contribution in [0.4, 0.5) is 5.69 Å². The van der Waals surface area contributed by atoms with Gasteiger partial charge in [0, 0.05) is 31.7 Å². The highest BCUT2D eigenvalue weighted by molar-refractivity contribution is 7.92. The number of carboxylic acid groups (broad SMARTS) is 1. The van der Waals surface area contributed by atoms with Gasteiger partial charge in [-0.15, -0.1) is 0 Å². The van der Waals surface area contributed by atoms with E-state index in [9.17, 15) is 18.3 Å².